The summed E-state index contributed by atoms with van der Waals surface area (Å²) in [7, 11) is -3.74. The van der Waals surface area contributed by atoms with Gasteiger partial charge in [0.25, 0.3) is 0 Å². The molecule has 0 fully saturated rings. The van der Waals surface area contributed by atoms with E-state index in [1.165, 1.54) is 30.0 Å². The minimum absolute atomic E-state index is 0.0895. The van der Waals surface area contributed by atoms with Crippen LogP contribution in [0.15, 0.2) is 53.8 Å². The molecule has 1 heterocycles. The molecule has 0 aliphatic carbocycles. The number of nitrogens with zero attached hydrogens (tertiary/aromatic N) is 1. The van der Waals surface area contributed by atoms with E-state index in [0.29, 0.717) is 13.6 Å². The normalized spacial score (nSPS) is 12.3. The second-order valence-electron chi connectivity index (χ2n) is 4.21. The van der Waals surface area contributed by atoms with Crippen molar-refractivity contribution in [2.75, 3.05) is 6.26 Å². The molecule has 1 amide bonds. The summed E-state index contributed by atoms with van der Waals surface area (Å²) < 4.78 is 26.8. The molecule has 23 heavy (non-hydrogen) atoms. The molecule has 2 rings (SSSR count). The van der Waals surface area contributed by atoms with Crippen molar-refractivity contribution < 1.29 is 18.3 Å². The second-order valence-corrected chi connectivity index (χ2v) is 9.17. The summed E-state index contributed by atoms with van der Waals surface area (Å²) in [5, 5.41) is 8.66. The van der Waals surface area contributed by atoms with E-state index in [2.05, 4.69) is 20.9 Å². The SMILES string of the molecule is CSc1sc(/C(N)=N\C(=O)O)cc1S(=O)(=O)c1cccc(Br)c1. The molecule has 0 aliphatic heterocycles. The fourth-order valence-electron chi connectivity index (χ4n) is 1.73. The Labute approximate surface area is 149 Å². The molecule has 0 saturated heterocycles. The van der Waals surface area contributed by atoms with Crippen LogP contribution in [0.3, 0.4) is 0 Å². The lowest BCUT2D eigenvalue weighted by Crippen LogP contribution is -2.13. The van der Waals surface area contributed by atoms with Crippen molar-refractivity contribution in [3.63, 3.8) is 0 Å². The Hall–Kier alpha value is -1.36. The van der Waals surface area contributed by atoms with E-state index in [4.69, 9.17) is 10.8 Å². The van der Waals surface area contributed by atoms with E-state index in [0.717, 1.165) is 11.3 Å². The van der Waals surface area contributed by atoms with Crippen LogP contribution in [0.2, 0.25) is 0 Å². The van der Waals surface area contributed by atoms with Crippen LogP contribution >= 0.6 is 39.0 Å². The van der Waals surface area contributed by atoms with Gasteiger partial charge in [0.05, 0.1) is 18.9 Å². The third-order valence-electron chi connectivity index (χ3n) is 2.72. The van der Waals surface area contributed by atoms with Gasteiger partial charge < -0.3 is 10.8 Å². The average molecular weight is 435 g/mol. The Bertz CT molecular complexity index is 890. The van der Waals surface area contributed by atoms with E-state index >= 15 is 0 Å². The van der Waals surface area contributed by atoms with Crippen LogP contribution in [0.4, 0.5) is 4.79 Å². The number of hydrogen-bond donors (Lipinski definition) is 2. The Morgan fingerprint density at radius 3 is 2.65 bits per heavy atom. The summed E-state index contributed by atoms with van der Waals surface area (Å²) in [5.41, 5.74) is 5.61. The van der Waals surface area contributed by atoms with Crippen LogP contribution < -0.4 is 5.73 Å². The first-order valence-electron chi connectivity index (χ1n) is 6.01. The highest BCUT2D eigenvalue weighted by molar-refractivity contribution is 9.10. The molecule has 3 N–H and O–H groups in total. The summed E-state index contributed by atoms with van der Waals surface area (Å²) in [4.78, 5) is 14.3. The Morgan fingerprint density at radius 2 is 2.09 bits per heavy atom. The van der Waals surface area contributed by atoms with Crippen LogP contribution in [0, 0.1) is 0 Å². The van der Waals surface area contributed by atoms with Crippen LogP contribution in [-0.2, 0) is 9.84 Å². The molecule has 10 heteroatoms. The lowest BCUT2D eigenvalue weighted by atomic mass is 10.4. The minimum atomic E-state index is -3.74. The Kier molecular flexibility index (Phi) is 5.50. The first-order chi connectivity index (χ1) is 10.8. The monoisotopic (exact) mass is 434 g/mol. The number of halogens is 1. The first kappa shape index (κ1) is 18.0. The van der Waals surface area contributed by atoms with Crippen LogP contribution in [0.1, 0.15) is 4.88 Å². The second kappa shape index (κ2) is 7.04. The van der Waals surface area contributed by atoms with Gasteiger partial charge in [0.15, 0.2) is 0 Å². The zero-order chi connectivity index (χ0) is 17.2. The number of carboxylic acid groups (broad SMARTS) is 1. The number of thioether (sulfide) groups is 1. The first-order valence-corrected chi connectivity index (χ1v) is 10.3. The predicted molar refractivity (Wildman–Crippen MR) is 94.4 cm³/mol. The molecule has 0 radical (unpaired) electrons. The largest absolute Gasteiger partial charge is 0.463 e. The summed E-state index contributed by atoms with van der Waals surface area (Å²) in [6.07, 6.45) is 0.304. The summed E-state index contributed by atoms with van der Waals surface area (Å²) >= 11 is 5.58. The lowest BCUT2D eigenvalue weighted by Gasteiger charge is -2.04. The Morgan fingerprint density at radius 1 is 1.39 bits per heavy atom. The maximum atomic E-state index is 12.8. The number of rotatable bonds is 4. The topological polar surface area (TPSA) is 110 Å². The zero-order valence-electron chi connectivity index (χ0n) is 11.7. The number of thiophene rings is 1. The van der Waals surface area contributed by atoms with Gasteiger partial charge in [-0.05, 0) is 30.5 Å². The van der Waals surface area contributed by atoms with Gasteiger partial charge in [-0.1, -0.05) is 22.0 Å². The van der Waals surface area contributed by atoms with Crippen molar-refractivity contribution in [3.05, 3.63) is 39.7 Å². The Balaban J connectivity index is 2.59. The number of amidine groups is 1. The van der Waals surface area contributed by atoms with E-state index in [1.54, 1.807) is 18.4 Å². The van der Waals surface area contributed by atoms with E-state index < -0.39 is 15.9 Å². The molecule has 0 saturated carbocycles. The molecular formula is C13H11BrN2O4S3. The van der Waals surface area contributed by atoms with Gasteiger partial charge in [0.1, 0.15) is 5.84 Å². The van der Waals surface area contributed by atoms with Crippen LogP contribution in [0.25, 0.3) is 0 Å². The summed E-state index contributed by atoms with van der Waals surface area (Å²) in [6.45, 7) is 0. The van der Waals surface area contributed by atoms with Crippen molar-refractivity contribution in [1.29, 1.82) is 0 Å². The fraction of sp³-hybridized carbons (Fsp3) is 0.0769. The average Bonchev–Trinajstić information content (AvgIpc) is 2.91. The predicted octanol–water partition coefficient (Wildman–Crippen LogP) is 3.45. The highest BCUT2D eigenvalue weighted by Gasteiger charge is 2.25. The number of sulfone groups is 1. The van der Waals surface area contributed by atoms with Gasteiger partial charge in [-0.3, -0.25) is 0 Å². The molecule has 0 spiro atoms. The van der Waals surface area contributed by atoms with Crippen LogP contribution in [0.5, 0.6) is 0 Å². The van der Waals surface area contributed by atoms with Gasteiger partial charge in [-0.2, -0.15) is 4.99 Å². The fourth-order valence-corrected chi connectivity index (χ4v) is 6.23. The molecule has 6 nitrogen and oxygen atoms in total. The number of benzene rings is 1. The number of amides is 1. The van der Waals surface area contributed by atoms with Gasteiger partial charge in [0, 0.05) is 4.47 Å². The smallest absolute Gasteiger partial charge is 0.433 e. The highest BCUT2D eigenvalue weighted by atomic mass is 79.9. The van der Waals surface area contributed by atoms with Crippen molar-refractivity contribution in [2.24, 2.45) is 10.7 Å². The summed E-state index contributed by atoms with van der Waals surface area (Å²) in [6, 6.07) is 7.71. The highest BCUT2D eigenvalue weighted by Crippen LogP contribution is 2.37. The van der Waals surface area contributed by atoms with Gasteiger partial charge >= 0.3 is 6.09 Å². The molecule has 0 unspecified atom stereocenters. The van der Waals surface area contributed by atoms with Crippen LogP contribution in [-0.4, -0.2) is 31.7 Å². The van der Waals surface area contributed by atoms with E-state index in [9.17, 15) is 13.2 Å². The summed E-state index contributed by atoms with van der Waals surface area (Å²) in [5.74, 6) is -0.228. The van der Waals surface area contributed by atoms with Gasteiger partial charge in [-0.15, -0.1) is 23.1 Å². The maximum Gasteiger partial charge on any atom is 0.433 e. The quantitative estimate of drug-likeness (QED) is 0.433. The third-order valence-corrected chi connectivity index (χ3v) is 7.54. The molecule has 0 bridgehead atoms. The molecular weight excluding hydrogens is 424 g/mol. The van der Waals surface area contributed by atoms with Gasteiger partial charge in [0.2, 0.25) is 9.84 Å². The number of carbonyl (C=O) groups is 1. The number of nitrogens with two attached hydrogens (primary N) is 1. The number of aliphatic imine (C=N–C) groups is 1. The van der Waals surface area contributed by atoms with Crippen molar-refractivity contribution in [2.45, 2.75) is 14.0 Å². The number of hydrogen-bond acceptors (Lipinski definition) is 5. The van der Waals surface area contributed by atoms with E-state index in [1.807, 2.05) is 0 Å². The molecule has 2 aromatic rings. The molecule has 0 aliphatic rings. The molecule has 122 valence electrons. The zero-order valence-corrected chi connectivity index (χ0v) is 15.7. The molecule has 1 aromatic heterocycles. The minimum Gasteiger partial charge on any atom is -0.463 e. The molecule has 0 atom stereocenters. The lowest BCUT2D eigenvalue weighted by molar-refractivity contribution is 0.205. The van der Waals surface area contributed by atoms with Gasteiger partial charge in [-0.25, -0.2) is 13.2 Å². The van der Waals surface area contributed by atoms with E-state index in [-0.39, 0.29) is 15.6 Å². The third kappa shape index (κ3) is 3.94. The standard InChI is InChI=1S/C13H11BrN2O4S3/c1-21-12-10(6-9(22-12)11(15)16-13(17)18)23(19,20)8-4-2-3-7(14)5-8/h2-6H,1H3,(H2,15,16)(H,17,18). The van der Waals surface area contributed by atoms with Crippen molar-refractivity contribution in [3.8, 4) is 0 Å². The van der Waals surface area contributed by atoms with Crippen molar-refractivity contribution in [1.82, 2.24) is 0 Å². The molecule has 1 aromatic carbocycles. The maximum absolute atomic E-state index is 12.8. The van der Waals surface area contributed by atoms with Crippen molar-refractivity contribution >= 4 is 60.8 Å².